The molecule has 0 radical (unpaired) electrons. The molecule has 0 bridgehead atoms. The lowest BCUT2D eigenvalue weighted by molar-refractivity contribution is -0.0147. The Kier molecular flexibility index (Phi) is 12.6. The van der Waals surface area contributed by atoms with Crippen LogP contribution in [0, 0.1) is 24.7 Å². The first-order valence-corrected chi connectivity index (χ1v) is 26.0. The number of fused-ring (bicyclic) bond motifs is 4. The summed E-state index contributed by atoms with van der Waals surface area (Å²) in [6.07, 6.45) is 11.0. The number of nitrogens with zero attached hydrogens (tertiary/aromatic N) is 4. The topological polar surface area (TPSA) is 221 Å². The Morgan fingerprint density at radius 1 is 0.302 bits per heavy atom. The van der Waals surface area contributed by atoms with Crippen molar-refractivity contribution in [2.24, 2.45) is 0 Å². The van der Waals surface area contributed by atoms with E-state index in [9.17, 15) is 47.9 Å². The molecule has 0 saturated heterocycles. The number of benzene rings is 9. The van der Waals surface area contributed by atoms with Gasteiger partial charge in [-0.25, -0.2) is 9.80 Å². The number of terminal acetylenes is 2. The molecule has 0 aromatic heterocycles. The van der Waals surface area contributed by atoms with Crippen LogP contribution in [-0.4, -0.2) is 69.0 Å². The number of hydrogen-bond acceptors (Lipinski definition) is 14. The van der Waals surface area contributed by atoms with Crippen LogP contribution in [0.1, 0.15) is 126 Å². The second-order valence-corrected chi connectivity index (χ2v) is 19.6. The van der Waals surface area contributed by atoms with E-state index in [4.69, 9.17) is 32.0 Å². The molecule has 0 saturated carbocycles. The third kappa shape index (κ3) is 9.02. The molecule has 13 rings (SSSR count). The molecule has 0 atom stereocenters. The van der Waals surface area contributed by atoms with Crippen molar-refractivity contribution in [1.82, 2.24) is 10.1 Å². The van der Waals surface area contributed by atoms with Crippen molar-refractivity contribution >= 4 is 70.2 Å². The molecule has 0 spiro atoms. The Hall–Kier alpha value is -12.8. The van der Waals surface area contributed by atoms with Crippen LogP contribution in [0.15, 0.2) is 194 Å². The number of carbonyl (C=O) groups is 10. The molecule has 0 fully saturated rings. The fourth-order valence-corrected chi connectivity index (χ4v) is 10.2. The van der Waals surface area contributed by atoms with Gasteiger partial charge in [0.15, 0.2) is 23.1 Å². The van der Waals surface area contributed by atoms with Crippen LogP contribution in [0.25, 0.3) is 0 Å². The van der Waals surface area contributed by atoms with Crippen molar-refractivity contribution in [3.63, 3.8) is 0 Å². The summed E-state index contributed by atoms with van der Waals surface area (Å²) in [4.78, 5) is 149. The monoisotopic (exact) mass is 1130 g/mol. The number of imide groups is 4. The second-order valence-electron chi connectivity index (χ2n) is 19.6. The van der Waals surface area contributed by atoms with E-state index in [2.05, 4.69) is 11.8 Å². The Bertz CT molecular complexity index is 4430. The fourth-order valence-electron chi connectivity index (χ4n) is 10.2. The Labute approximate surface area is 486 Å². The van der Waals surface area contributed by atoms with Crippen LogP contribution >= 0.6 is 0 Å². The minimum Gasteiger partial charge on any atom is -0.457 e. The molecule has 0 N–H and O–H groups in total. The number of ether oxygens (including phenoxy) is 2. The van der Waals surface area contributed by atoms with Crippen molar-refractivity contribution < 1.29 is 67.1 Å². The number of hydroxylamine groups is 4. The number of carbonyl (C=O) groups excluding carboxylic acids is 10. The van der Waals surface area contributed by atoms with Crippen LogP contribution in [0.5, 0.6) is 34.5 Å². The average molecular weight is 1130 g/mol. The number of hydrogen-bond donors (Lipinski definition) is 0. The molecule has 4 heterocycles. The molecule has 86 heavy (non-hydrogen) atoms. The van der Waals surface area contributed by atoms with E-state index in [0.717, 1.165) is 9.80 Å². The normalized spacial score (nSPS) is 13.7. The first kappa shape index (κ1) is 52.6. The largest absolute Gasteiger partial charge is 0.457 e. The van der Waals surface area contributed by atoms with Gasteiger partial charge in [-0.15, -0.1) is 12.8 Å². The van der Waals surface area contributed by atoms with Gasteiger partial charge in [-0.3, -0.25) is 47.9 Å². The zero-order valence-electron chi connectivity index (χ0n) is 44.1. The van der Waals surface area contributed by atoms with Crippen molar-refractivity contribution in [2.75, 3.05) is 9.80 Å². The van der Waals surface area contributed by atoms with Crippen LogP contribution < -0.4 is 28.9 Å². The molecule has 9 aromatic carbocycles. The Balaban J connectivity index is 0.639. The maximum Gasteiger partial charge on any atom is 0.295 e. The van der Waals surface area contributed by atoms with E-state index < -0.39 is 58.8 Å². The molecule has 9 aromatic rings. The molecule has 4 aliphatic rings. The van der Waals surface area contributed by atoms with Crippen LogP contribution in [0.2, 0.25) is 0 Å². The number of anilines is 2. The van der Waals surface area contributed by atoms with Gasteiger partial charge < -0.3 is 19.1 Å². The lowest BCUT2D eigenvalue weighted by Crippen LogP contribution is -2.33. The minimum absolute atomic E-state index is 0.0114. The van der Waals surface area contributed by atoms with Crippen molar-refractivity contribution in [3.8, 4) is 59.2 Å². The maximum absolute atomic E-state index is 13.8. The van der Waals surface area contributed by atoms with Gasteiger partial charge in [0.05, 0.1) is 55.9 Å². The third-order valence-corrected chi connectivity index (χ3v) is 14.3. The zero-order valence-corrected chi connectivity index (χ0v) is 44.1. The molecule has 0 unspecified atom stereocenters. The third-order valence-electron chi connectivity index (χ3n) is 14.3. The molecular formula is C68H34N4O14. The number of rotatable bonds is 14. The summed E-state index contributed by atoms with van der Waals surface area (Å²) in [6, 6.07) is 47.6. The van der Waals surface area contributed by atoms with Gasteiger partial charge in [-0.2, -0.15) is 0 Å². The highest BCUT2D eigenvalue weighted by atomic mass is 16.7. The highest BCUT2D eigenvalue weighted by Gasteiger charge is 2.42. The van der Waals surface area contributed by atoms with Gasteiger partial charge in [-0.05, 0) is 121 Å². The van der Waals surface area contributed by atoms with Crippen molar-refractivity contribution in [2.45, 2.75) is 0 Å². The van der Waals surface area contributed by atoms with E-state index in [1.807, 2.05) is 0 Å². The highest BCUT2D eigenvalue weighted by molar-refractivity contribution is 6.36. The van der Waals surface area contributed by atoms with E-state index in [0.29, 0.717) is 32.8 Å². The van der Waals surface area contributed by atoms with E-state index in [1.54, 1.807) is 84.9 Å². The summed E-state index contributed by atoms with van der Waals surface area (Å²) in [6.45, 7) is 0. The first-order valence-electron chi connectivity index (χ1n) is 26.0. The quantitative estimate of drug-likeness (QED) is 0.0562. The van der Waals surface area contributed by atoms with Gasteiger partial charge >= 0.3 is 0 Å². The average Bonchev–Trinajstić information content (AvgIpc) is 1.88. The SMILES string of the molecule is C#Cc1cccc(N2C(=O)c3ccc(C(=O)c4ccc5c(c4)C(=O)N(Oc4cccc(Oc6cccc(Oc7cccc(ON8C(=O)c9ccc(C(=O)c%10ccc%11c(c%10)C(=O)N(c%10cccc(C#C)c%10)C%11=O)cc9C8=O)c7)c6)c4)C5=O)cc3C2=O)c1. The van der Waals surface area contributed by atoms with E-state index in [1.165, 1.54) is 109 Å². The summed E-state index contributed by atoms with van der Waals surface area (Å²) in [5.41, 5.74) is 1.67. The molecular weight excluding hydrogens is 1100 g/mol. The highest BCUT2D eigenvalue weighted by Crippen LogP contribution is 2.37. The van der Waals surface area contributed by atoms with Crippen LogP contribution in [0.4, 0.5) is 11.4 Å². The lowest BCUT2D eigenvalue weighted by atomic mass is 9.96. The van der Waals surface area contributed by atoms with Gasteiger partial charge in [0, 0.05) is 51.6 Å². The molecule has 18 heteroatoms. The molecule has 0 aliphatic carbocycles. The lowest BCUT2D eigenvalue weighted by Gasteiger charge is -2.16. The summed E-state index contributed by atoms with van der Waals surface area (Å²) in [5, 5.41) is 1.12. The smallest absolute Gasteiger partial charge is 0.295 e. The fraction of sp³-hybridized carbons (Fsp3) is 0. The number of ketones is 2. The van der Waals surface area contributed by atoms with Gasteiger partial charge in [0.1, 0.15) is 23.0 Å². The summed E-state index contributed by atoms with van der Waals surface area (Å²) in [7, 11) is 0. The van der Waals surface area contributed by atoms with E-state index >= 15 is 0 Å². The summed E-state index contributed by atoms with van der Waals surface area (Å²) in [5.74, 6) is -0.728. The predicted octanol–water partition coefficient (Wildman–Crippen LogP) is 10.5. The van der Waals surface area contributed by atoms with Crippen molar-refractivity contribution in [1.29, 1.82) is 0 Å². The molecule has 18 nitrogen and oxygen atoms in total. The van der Waals surface area contributed by atoms with Crippen LogP contribution in [-0.2, 0) is 0 Å². The van der Waals surface area contributed by atoms with Crippen molar-refractivity contribution in [3.05, 3.63) is 272 Å². The molecule has 8 amide bonds. The summed E-state index contributed by atoms with van der Waals surface area (Å²) < 4.78 is 12.2. The second kappa shape index (κ2) is 20.6. The Morgan fingerprint density at radius 3 is 0.930 bits per heavy atom. The van der Waals surface area contributed by atoms with Crippen LogP contribution in [0.3, 0.4) is 0 Å². The maximum atomic E-state index is 13.8. The first-order chi connectivity index (χ1) is 41.6. The number of amides is 8. The molecule has 4 aliphatic heterocycles. The Morgan fingerprint density at radius 2 is 0.581 bits per heavy atom. The standard InChI is InChI=1S/C68H34N4O14/c1-3-37-10-5-12-43(28-37)69-61(75)51-24-20-39(30-55(51)63(69)77)59(73)41-22-26-53-57(32-41)67(81)71(65(53)79)85-49-18-8-16-47(35-49)83-45-14-7-15-46(34-45)84-48-17-9-19-50(36-48)86-72-66(80)54-27-23-42(33-58(54)68(72)82)60(74)40-21-25-52-56(31-40)64(78)70(62(52)76)44-13-6-11-38(4-2)29-44/h1-2,5-36H. The predicted molar refractivity (Wildman–Crippen MR) is 305 cm³/mol. The molecule has 410 valence electrons. The van der Waals surface area contributed by atoms with Gasteiger partial charge in [-0.1, -0.05) is 76.6 Å². The minimum atomic E-state index is -0.844. The zero-order chi connectivity index (χ0) is 59.7. The van der Waals surface area contributed by atoms with E-state index in [-0.39, 0.29) is 101 Å². The summed E-state index contributed by atoms with van der Waals surface area (Å²) >= 11 is 0. The van der Waals surface area contributed by atoms with Gasteiger partial charge in [0.2, 0.25) is 0 Å². The van der Waals surface area contributed by atoms with Gasteiger partial charge in [0.25, 0.3) is 47.3 Å².